The first-order valence-electron chi connectivity index (χ1n) is 4.51. The van der Waals surface area contributed by atoms with Crippen molar-refractivity contribution in [1.29, 1.82) is 0 Å². The molecular weight excluding hydrogens is 152 g/mol. The molecule has 0 radical (unpaired) electrons. The highest BCUT2D eigenvalue weighted by Crippen LogP contribution is 2.05. The third-order valence-electron chi connectivity index (χ3n) is 1.76. The van der Waals surface area contributed by atoms with Gasteiger partial charge < -0.3 is 4.43 Å². The van der Waals surface area contributed by atoms with Crippen molar-refractivity contribution in [1.82, 2.24) is 0 Å². The second-order valence-electron chi connectivity index (χ2n) is 2.84. The van der Waals surface area contributed by atoms with Gasteiger partial charge in [-0.1, -0.05) is 25.3 Å². The van der Waals surface area contributed by atoms with E-state index in [0.29, 0.717) is 0 Å². The quantitative estimate of drug-likeness (QED) is 0.308. The van der Waals surface area contributed by atoms with Crippen LogP contribution in [0.15, 0.2) is 12.7 Å². The standard InChI is InChI=1S/C9H20OSi/c1-2-3-4-5-6-7-8-9-10-11/h2H,1,3-9H2,11H3. The maximum atomic E-state index is 5.09. The summed E-state index contributed by atoms with van der Waals surface area (Å²) in [4.78, 5) is 0. The molecule has 66 valence electrons. The molecule has 0 aliphatic carbocycles. The second-order valence-corrected chi connectivity index (χ2v) is 3.42. The SMILES string of the molecule is C=CCCCCCCCO[SiH3]. The second kappa shape index (κ2) is 9.92. The lowest BCUT2D eigenvalue weighted by Crippen LogP contribution is -1.89. The number of hydrogen-bond donors (Lipinski definition) is 0. The smallest absolute Gasteiger partial charge is 0.145 e. The fourth-order valence-electron chi connectivity index (χ4n) is 1.07. The van der Waals surface area contributed by atoms with E-state index in [-0.39, 0.29) is 0 Å². The summed E-state index contributed by atoms with van der Waals surface area (Å²) in [5, 5.41) is 0. The lowest BCUT2D eigenvalue weighted by molar-refractivity contribution is 0.333. The van der Waals surface area contributed by atoms with Crippen molar-refractivity contribution in [2.45, 2.75) is 38.5 Å². The van der Waals surface area contributed by atoms with Crippen molar-refractivity contribution in [3.05, 3.63) is 12.7 Å². The lowest BCUT2D eigenvalue weighted by atomic mass is 10.1. The molecule has 0 bridgehead atoms. The van der Waals surface area contributed by atoms with Crippen LogP contribution in [0.5, 0.6) is 0 Å². The molecule has 0 saturated heterocycles. The topological polar surface area (TPSA) is 9.23 Å². The maximum Gasteiger partial charge on any atom is 0.145 e. The van der Waals surface area contributed by atoms with E-state index in [0.717, 1.165) is 17.1 Å². The van der Waals surface area contributed by atoms with Crippen molar-refractivity contribution in [3.8, 4) is 0 Å². The highest BCUT2D eigenvalue weighted by Gasteiger charge is 1.88. The maximum absolute atomic E-state index is 5.09. The Morgan fingerprint density at radius 3 is 2.36 bits per heavy atom. The van der Waals surface area contributed by atoms with Gasteiger partial charge in [0.05, 0.1) is 0 Å². The molecule has 0 aromatic heterocycles. The minimum absolute atomic E-state index is 0.896. The van der Waals surface area contributed by atoms with Crippen LogP contribution in [-0.2, 0) is 4.43 Å². The first-order valence-corrected chi connectivity index (χ1v) is 5.33. The first-order chi connectivity index (χ1) is 5.41. The Balaban J connectivity index is 2.74. The number of rotatable bonds is 8. The average molecular weight is 172 g/mol. The molecule has 11 heavy (non-hydrogen) atoms. The molecule has 0 heterocycles. The van der Waals surface area contributed by atoms with E-state index in [1.807, 2.05) is 6.08 Å². The Bertz CT molecular complexity index is 83.6. The molecule has 2 heteroatoms. The van der Waals surface area contributed by atoms with Gasteiger partial charge >= 0.3 is 0 Å². The molecule has 0 N–H and O–H groups in total. The molecule has 0 saturated carbocycles. The predicted octanol–water partition coefficient (Wildman–Crippen LogP) is 1.81. The average Bonchev–Trinajstić information content (AvgIpc) is 2.03. The Kier molecular flexibility index (Phi) is 9.84. The predicted molar refractivity (Wildman–Crippen MR) is 53.8 cm³/mol. The van der Waals surface area contributed by atoms with Crippen molar-refractivity contribution in [2.24, 2.45) is 0 Å². The fourth-order valence-corrected chi connectivity index (χ4v) is 1.35. The Labute approximate surface area is 73.4 Å². The number of allylic oxidation sites excluding steroid dienone is 1. The molecule has 0 atom stereocenters. The van der Waals surface area contributed by atoms with Crippen LogP contribution >= 0.6 is 0 Å². The van der Waals surface area contributed by atoms with E-state index in [2.05, 4.69) is 6.58 Å². The van der Waals surface area contributed by atoms with Crippen molar-refractivity contribution in [3.63, 3.8) is 0 Å². The van der Waals surface area contributed by atoms with E-state index in [1.54, 1.807) is 0 Å². The van der Waals surface area contributed by atoms with E-state index in [9.17, 15) is 0 Å². The molecule has 0 spiro atoms. The van der Waals surface area contributed by atoms with Crippen LogP contribution in [0.2, 0.25) is 0 Å². The Morgan fingerprint density at radius 1 is 1.09 bits per heavy atom. The zero-order valence-corrected chi connectivity index (χ0v) is 9.64. The summed E-state index contributed by atoms with van der Waals surface area (Å²) < 4.78 is 5.09. The van der Waals surface area contributed by atoms with E-state index in [4.69, 9.17) is 4.43 Å². The highest BCUT2D eigenvalue weighted by molar-refractivity contribution is 5.97. The van der Waals surface area contributed by atoms with Gasteiger partial charge in [0, 0.05) is 6.61 Å². The summed E-state index contributed by atoms with van der Waals surface area (Å²) in [6, 6.07) is 0. The normalized spacial score (nSPS) is 10.2. The molecule has 0 aromatic rings. The van der Waals surface area contributed by atoms with Crippen molar-refractivity contribution >= 4 is 10.5 Å². The van der Waals surface area contributed by atoms with Gasteiger partial charge in [-0.25, -0.2) is 0 Å². The molecule has 0 amide bonds. The summed E-state index contributed by atoms with van der Waals surface area (Å²) in [5.74, 6) is 0. The molecular formula is C9H20OSi. The Morgan fingerprint density at radius 2 is 1.73 bits per heavy atom. The monoisotopic (exact) mass is 172 g/mol. The van der Waals surface area contributed by atoms with Crippen LogP contribution in [-0.4, -0.2) is 17.1 Å². The zero-order valence-electron chi connectivity index (χ0n) is 7.64. The van der Waals surface area contributed by atoms with Gasteiger partial charge in [0.15, 0.2) is 0 Å². The van der Waals surface area contributed by atoms with E-state index in [1.165, 1.54) is 38.5 Å². The van der Waals surface area contributed by atoms with Gasteiger partial charge in [0.25, 0.3) is 0 Å². The van der Waals surface area contributed by atoms with Gasteiger partial charge in [0.1, 0.15) is 10.5 Å². The first kappa shape index (κ1) is 10.9. The summed E-state index contributed by atoms with van der Waals surface area (Å²) in [7, 11) is 0.896. The van der Waals surface area contributed by atoms with Gasteiger partial charge in [-0.05, 0) is 19.3 Å². The van der Waals surface area contributed by atoms with Crippen LogP contribution in [0.3, 0.4) is 0 Å². The van der Waals surface area contributed by atoms with Crippen molar-refractivity contribution in [2.75, 3.05) is 6.61 Å². The number of hydrogen-bond acceptors (Lipinski definition) is 1. The van der Waals surface area contributed by atoms with Gasteiger partial charge in [-0.15, -0.1) is 6.58 Å². The van der Waals surface area contributed by atoms with E-state index >= 15 is 0 Å². The lowest BCUT2D eigenvalue weighted by Gasteiger charge is -1.99. The Hall–Kier alpha value is -0.0831. The minimum atomic E-state index is 0.896. The fraction of sp³-hybridized carbons (Fsp3) is 0.778. The summed E-state index contributed by atoms with van der Waals surface area (Å²) in [5.41, 5.74) is 0. The van der Waals surface area contributed by atoms with Crippen LogP contribution in [0, 0.1) is 0 Å². The third-order valence-corrected chi connectivity index (χ3v) is 2.16. The summed E-state index contributed by atoms with van der Waals surface area (Å²) in [6.45, 7) is 4.67. The van der Waals surface area contributed by atoms with Crippen LogP contribution < -0.4 is 0 Å². The molecule has 0 rings (SSSR count). The summed E-state index contributed by atoms with van der Waals surface area (Å²) in [6.07, 6.45) is 9.78. The van der Waals surface area contributed by atoms with Crippen LogP contribution in [0.25, 0.3) is 0 Å². The minimum Gasteiger partial charge on any atom is -0.428 e. The van der Waals surface area contributed by atoms with E-state index < -0.39 is 0 Å². The summed E-state index contributed by atoms with van der Waals surface area (Å²) >= 11 is 0. The highest BCUT2D eigenvalue weighted by atomic mass is 28.2. The molecule has 1 nitrogen and oxygen atoms in total. The molecule has 0 fully saturated rings. The van der Waals surface area contributed by atoms with Crippen LogP contribution in [0.1, 0.15) is 38.5 Å². The third kappa shape index (κ3) is 9.92. The molecule has 0 aliphatic rings. The van der Waals surface area contributed by atoms with Gasteiger partial charge in [-0.3, -0.25) is 0 Å². The molecule has 0 unspecified atom stereocenters. The van der Waals surface area contributed by atoms with Gasteiger partial charge in [0.2, 0.25) is 0 Å². The molecule has 0 aliphatic heterocycles. The van der Waals surface area contributed by atoms with Crippen molar-refractivity contribution < 1.29 is 4.43 Å². The molecule has 0 aromatic carbocycles. The van der Waals surface area contributed by atoms with Gasteiger partial charge in [-0.2, -0.15) is 0 Å². The zero-order chi connectivity index (χ0) is 8.36. The number of unbranched alkanes of at least 4 members (excludes halogenated alkanes) is 5. The largest absolute Gasteiger partial charge is 0.428 e. The van der Waals surface area contributed by atoms with Crippen LogP contribution in [0.4, 0.5) is 0 Å².